The van der Waals surface area contributed by atoms with Gasteiger partial charge in [0, 0.05) is 27.7 Å². The molecule has 1 aliphatic heterocycles. The van der Waals surface area contributed by atoms with Gasteiger partial charge in [0.15, 0.2) is 0 Å². The molecule has 0 radical (unpaired) electrons. The molecule has 0 saturated carbocycles. The molecule has 0 aliphatic carbocycles. The largest absolute Gasteiger partial charge is 0.362 e. The van der Waals surface area contributed by atoms with Crippen LogP contribution < -0.4 is 47.7 Å². The molecule has 9 aromatic carbocycles. The zero-order chi connectivity index (χ0) is 43.2. The Labute approximate surface area is 404 Å². The third kappa shape index (κ3) is 14.9. The fourth-order valence-electron chi connectivity index (χ4n) is 7.07. The second kappa shape index (κ2) is 27.5. The Morgan fingerprint density at radius 1 is 0.281 bits per heavy atom. The molecule has 0 bridgehead atoms. The van der Waals surface area contributed by atoms with Crippen LogP contribution >= 0.6 is 35.4 Å². The number of alkyl halides is 1. The van der Waals surface area contributed by atoms with Crippen LogP contribution in [0.3, 0.4) is 0 Å². The molecule has 0 spiro atoms. The smallest absolute Gasteiger partial charge is 0.131 e. The van der Waals surface area contributed by atoms with Gasteiger partial charge in [-0.1, -0.05) is 285 Å². The first-order chi connectivity index (χ1) is 31.2. The van der Waals surface area contributed by atoms with E-state index in [1.165, 1.54) is 47.7 Å². The van der Waals surface area contributed by atoms with Crippen LogP contribution in [0.15, 0.2) is 273 Å². The molecule has 0 aromatic heterocycles. The molecule has 1 atom stereocenters. The van der Waals surface area contributed by atoms with Gasteiger partial charge in [-0.3, -0.25) is 0 Å². The Balaban J connectivity index is 0.000000148. The summed E-state index contributed by atoms with van der Waals surface area (Å²) in [5.74, 6) is 0. The van der Waals surface area contributed by atoms with Gasteiger partial charge in [0.1, 0.15) is 5.56 Å². The van der Waals surface area contributed by atoms with Crippen LogP contribution in [0, 0.1) is 0 Å². The van der Waals surface area contributed by atoms with E-state index < -0.39 is 23.8 Å². The van der Waals surface area contributed by atoms with Gasteiger partial charge in [0.2, 0.25) is 0 Å². The molecule has 0 N–H and O–H groups in total. The number of hydrogen-bond donors (Lipinski definition) is 0. The van der Waals surface area contributed by atoms with E-state index in [0.29, 0.717) is 0 Å². The number of hydrogen-bond acceptors (Lipinski definition) is 1. The Bertz CT molecular complexity index is 1990. The first-order valence-electron chi connectivity index (χ1n) is 21.4. The summed E-state index contributed by atoms with van der Waals surface area (Å²) >= 11 is 5.49. The number of rotatable bonds is 9. The van der Waals surface area contributed by atoms with Gasteiger partial charge >= 0.3 is 0 Å². The van der Waals surface area contributed by atoms with Crippen LogP contribution in [-0.2, 0) is 25.8 Å². The molecule has 10 rings (SSSR count). The second-order valence-electron chi connectivity index (χ2n) is 14.4. The minimum atomic E-state index is -0.446. The average Bonchev–Trinajstić information content (AvgIpc) is 3.86. The first-order valence-corrected chi connectivity index (χ1v) is 25.8. The zero-order valence-corrected chi connectivity index (χ0v) is 42.1. The predicted octanol–water partition coefficient (Wildman–Crippen LogP) is 11.7. The molecule has 0 amide bonds. The molecule has 1 saturated heterocycles. The SMILES string of the molecule is ClC1CCCO1.[W].c1ccc(P(c2ccccc2)c2ccccc2)cc1.c1ccc(P(c2ccccc2)c2ccccc2)cc1.c1ccc(P(c2ccccc2)c2ccccc2)cc1. The van der Waals surface area contributed by atoms with E-state index in [9.17, 15) is 0 Å². The van der Waals surface area contributed by atoms with Crippen molar-refractivity contribution in [3.05, 3.63) is 273 Å². The van der Waals surface area contributed by atoms with E-state index >= 15 is 0 Å². The number of halogens is 1. The molecular formula is C58H52ClOP3W. The van der Waals surface area contributed by atoms with Crippen LogP contribution in [0.25, 0.3) is 0 Å². The summed E-state index contributed by atoms with van der Waals surface area (Å²) in [6, 6.07) is 97.0. The maximum Gasteiger partial charge on any atom is 0.131 e. The molecule has 1 nitrogen and oxygen atoms in total. The van der Waals surface area contributed by atoms with E-state index in [2.05, 4.69) is 273 Å². The normalized spacial score (nSPS) is 12.7. The summed E-state index contributed by atoms with van der Waals surface area (Å²) in [4.78, 5) is 0. The van der Waals surface area contributed by atoms with E-state index in [-0.39, 0.29) is 26.6 Å². The third-order valence-corrected chi connectivity index (χ3v) is 17.7. The van der Waals surface area contributed by atoms with Crippen LogP contribution in [0.4, 0.5) is 0 Å². The van der Waals surface area contributed by atoms with Gasteiger partial charge < -0.3 is 4.74 Å². The summed E-state index contributed by atoms with van der Waals surface area (Å²) < 4.78 is 4.92. The Kier molecular flexibility index (Phi) is 20.9. The molecule has 64 heavy (non-hydrogen) atoms. The predicted molar refractivity (Wildman–Crippen MR) is 280 cm³/mol. The minimum absolute atomic E-state index is 0. The van der Waals surface area contributed by atoms with Crippen molar-refractivity contribution in [2.45, 2.75) is 18.4 Å². The van der Waals surface area contributed by atoms with Crippen molar-refractivity contribution in [1.82, 2.24) is 0 Å². The van der Waals surface area contributed by atoms with Gasteiger partial charge in [-0.2, -0.15) is 0 Å². The van der Waals surface area contributed by atoms with Crippen molar-refractivity contribution < 1.29 is 25.8 Å². The van der Waals surface area contributed by atoms with Crippen molar-refractivity contribution in [2.24, 2.45) is 0 Å². The second-order valence-corrected chi connectivity index (χ2v) is 21.6. The third-order valence-electron chi connectivity index (χ3n) is 10.0. The van der Waals surface area contributed by atoms with E-state index in [1.54, 1.807) is 0 Å². The van der Waals surface area contributed by atoms with Crippen molar-refractivity contribution in [3.63, 3.8) is 0 Å². The quantitative estimate of drug-likeness (QED) is 0.103. The Morgan fingerprint density at radius 3 is 0.531 bits per heavy atom. The van der Waals surface area contributed by atoms with Gasteiger partial charge in [-0.15, -0.1) is 0 Å². The summed E-state index contributed by atoms with van der Waals surface area (Å²) in [5, 5.41) is 12.6. The van der Waals surface area contributed by atoms with Gasteiger partial charge in [0.05, 0.1) is 0 Å². The van der Waals surface area contributed by atoms with Gasteiger partial charge in [-0.05, 0) is 84.3 Å². The van der Waals surface area contributed by atoms with Crippen molar-refractivity contribution in [1.29, 1.82) is 0 Å². The Hall–Kier alpha value is -4.79. The van der Waals surface area contributed by atoms with Crippen LogP contribution in [0.1, 0.15) is 12.8 Å². The molecule has 1 unspecified atom stereocenters. The van der Waals surface area contributed by atoms with Crippen molar-refractivity contribution in [3.8, 4) is 0 Å². The molecule has 1 aliphatic rings. The summed E-state index contributed by atoms with van der Waals surface area (Å²) in [6.45, 7) is 0.855. The fourth-order valence-corrected chi connectivity index (χ4v) is 14.2. The topological polar surface area (TPSA) is 9.23 Å². The maximum absolute atomic E-state index is 5.49. The molecule has 318 valence electrons. The van der Waals surface area contributed by atoms with Crippen molar-refractivity contribution in [2.75, 3.05) is 6.61 Å². The fraction of sp³-hybridized carbons (Fsp3) is 0.0690. The summed E-state index contributed by atoms with van der Waals surface area (Å²) in [7, 11) is -1.34. The van der Waals surface area contributed by atoms with Gasteiger partial charge in [-0.25, -0.2) is 0 Å². The molecule has 6 heteroatoms. The first kappa shape index (κ1) is 48.7. The average molecular weight is 1080 g/mol. The molecule has 1 heterocycles. The molecular weight excluding hydrogens is 1020 g/mol. The van der Waals surface area contributed by atoms with Gasteiger partial charge in [0.25, 0.3) is 0 Å². The van der Waals surface area contributed by atoms with Crippen LogP contribution in [0.5, 0.6) is 0 Å². The monoisotopic (exact) mass is 1080 g/mol. The Morgan fingerprint density at radius 2 is 0.438 bits per heavy atom. The van der Waals surface area contributed by atoms with E-state index in [4.69, 9.17) is 16.3 Å². The maximum atomic E-state index is 5.49. The van der Waals surface area contributed by atoms with Crippen molar-refractivity contribution >= 4 is 83.1 Å². The van der Waals surface area contributed by atoms with E-state index in [1.807, 2.05) is 0 Å². The molecule has 1 fully saturated rings. The minimum Gasteiger partial charge on any atom is -0.362 e. The van der Waals surface area contributed by atoms with Crippen LogP contribution in [-0.4, -0.2) is 12.2 Å². The van der Waals surface area contributed by atoms with E-state index in [0.717, 1.165) is 19.4 Å². The number of ether oxygens (including phenoxy) is 1. The summed E-state index contributed by atoms with van der Waals surface area (Å²) in [5.41, 5.74) is 0.0185. The molecule has 9 aromatic rings. The standard InChI is InChI=1S/3C18H15P.C4H7ClO.W/c3*1-4-10-16(11-5-1)19(17-12-6-2-7-13-17)18-14-8-3-9-15-18;5-4-2-1-3-6-4;/h3*1-15H;4H,1-3H2;. The zero-order valence-electron chi connectivity index (χ0n) is 35.7. The van der Waals surface area contributed by atoms with Crippen LogP contribution in [0.2, 0.25) is 0 Å². The summed E-state index contributed by atoms with van der Waals surface area (Å²) in [6.07, 6.45) is 2.16. The number of benzene rings is 9.